The summed E-state index contributed by atoms with van der Waals surface area (Å²) >= 11 is 0. The summed E-state index contributed by atoms with van der Waals surface area (Å²) in [5, 5.41) is 11.4. The third-order valence-corrected chi connectivity index (χ3v) is 6.35. The number of nitrogens with zero attached hydrogens (tertiary/aromatic N) is 4. The molecule has 0 saturated carbocycles. The number of rotatable bonds is 8. The highest BCUT2D eigenvalue weighted by Gasteiger charge is 2.46. The maximum Gasteiger partial charge on any atom is 0.295 e. The predicted molar refractivity (Wildman–Crippen MR) is 128 cm³/mol. The molecule has 0 bridgehead atoms. The molecule has 3 aromatic rings. The van der Waals surface area contributed by atoms with Crippen molar-refractivity contribution >= 4 is 23.1 Å². The molecule has 1 amide bonds. The van der Waals surface area contributed by atoms with E-state index >= 15 is 0 Å². The highest BCUT2D eigenvalue weighted by Crippen LogP contribution is 2.39. The Bertz CT molecular complexity index is 1190. The topological polar surface area (TPSA) is 78.2 Å². The lowest BCUT2D eigenvalue weighted by molar-refractivity contribution is -0.140. The Morgan fingerprint density at radius 2 is 1.76 bits per heavy atom. The first kappa shape index (κ1) is 22.7. The van der Waals surface area contributed by atoms with Crippen LogP contribution in [0.1, 0.15) is 43.3 Å². The van der Waals surface area contributed by atoms with Crippen molar-refractivity contribution in [2.75, 3.05) is 26.2 Å². The van der Waals surface area contributed by atoms with E-state index in [4.69, 9.17) is 0 Å². The molecule has 1 aromatic carbocycles. The van der Waals surface area contributed by atoms with Gasteiger partial charge in [-0.05, 0) is 50.7 Å². The van der Waals surface area contributed by atoms with Gasteiger partial charge < -0.3 is 14.9 Å². The number of aliphatic hydroxyl groups excluding tert-OH is 1. The number of imidazole rings is 1. The van der Waals surface area contributed by atoms with Crippen LogP contribution in [0.15, 0.2) is 60.3 Å². The minimum Gasteiger partial charge on any atom is -0.505 e. The zero-order chi connectivity index (χ0) is 23.5. The van der Waals surface area contributed by atoms with Gasteiger partial charge in [-0.2, -0.15) is 0 Å². The molecule has 0 unspecified atom stereocenters. The molecule has 1 N–H and O–H groups in total. The van der Waals surface area contributed by atoms with E-state index in [1.807, 2.05) is 48.5 Å². The number of hydrogen-bond donors (Lipinski definition) is 1. The van der Waals surface area contributed by atoms with Crippen LogP contribution < -0.4 is 0 Å². The van der Waals surface area contributed by atoms with Gasteiger partial charge in [0.15, 0.2) is 5.76 Å². The maximum atomic E-state index is 13.2. The molecule has 7 heteroatoms. The molecule has 1 fully saturated rings. The Kier molecular flexibility index (Phi) is 6.60. The van der Waals surface area contributed by atoms with Gasteiger partial charge >= 0.3 is 0 Å². The lowest BCUT2D eigenvalue weighted by atomic mass is 9.96. The van der Waals surface area contributed by atoms with Gasteiger partial charge in [-0.1, -0.05) is 50.2 Å². The molecular weight excluding hydrogens is 416 g/mol. The summed E-state index contributed by atoms with van der Waals surface area (Å²) in [5.41, 5.74) is 2.61. The number of Topliss-reactive ketones (excluding diaryl/α,β-unsaturated/α-hetero) is 1. The number of aromatic nitrogens is 2. The number of benzene rings is 1. The van der Waals surface area contributed by atoms with E-state index in [0.717, 1.165) is 31.6 Å². The van der Waals surface area contributed by atoms with Crippen LogP contribution in [0.3, 0.4) is 0 Å². The lowest BCUT2D eigenvalue weighted by Gasteiger charge is -2.26. The molecule has 0 aliphatic carbocycles. The third-order valence-electron chi connectivity index (χ3n) is 6.35. The van der Waals surface area contributed by atoms with Crippen LogP contribution in [-0.4, -0.2) is 62.2 Å². The van der Waals surface area contributed by atoms with Crippen LogP contribution >= 0.6 is 0 Å². The molecule has 1 aliphatic rings. The van der Waals surface area contributed by atoms with E-state index in [-0.39, 0.29) is 11.3 Å². The Morgan fingerprint density at radius 3 is 2.45 bits per heavy atom. The van der Waals surface area contributed by atoms with Crippen LogP contribution in [-0.2, 0) is 9.59 Å². The summed E-state index contributed by atoms with van der Waals surface area (Å²) in [6.45, 7) is 9.15. The van der Waals surface area contributed by atoms with Gasteiger partial charge in [-0.15, -0.1) is 0 Å². The van der Waals surface area contributed by atoms with E-state index in [1.165, 1.54) is 0 Å². The summed E-state index contributed by atoms with van der Waals surface area (Å²) in [6.07, 6.45) is 2.54. The van der Waals surface area contributed by atoms with Crippen molar-refractivity contribution in [2.45, 2.75) is 33.2 Å². The first-order valence-electron chi connectivity index (χ1n) is 11.5. The summed E-state index contributed by atoms with van der Waals surface area (Å²) in [6, 6.07) is 14.3. The number of likely N-dealkylation sites (tertiary alicyclic amines) is 1. The Hall–Kier alpha value is -3.45. The maximum absolute atomic E-state index is 13.2. The fourth-order valence-corrected chi connectivity index (χ4v) is 4.62. The zero-order valence-electron chi connectivity index (χ0n) is 19.4. The van der Waals surface area contributed by atoms with Crippen molar-refractivity contribution in [3.8, 4) is 0 Å². The van der Waals surface area contributed by atoms with Gasteiger partial charge in [-0.25, -0.2) is 4.98 Å². The quantitative estimate of drug-likeness (QED) is 0.324. The third kappa shape index (κ3) is 4.16. The number of aliphatic hydroxyl groups is 1. The number of carbonyl (C=O) groups is 2. The van der Waals surface area contributed by atoms with Crippen LogP contribution in [0.5, 0.6) is 0 Å². The van der Waals surface area contributed by atoms with Gasteiger partial charge in [-0.3, -0.25) is 14.0 Å². The number of amides is 1. The first-order chi connectivity index (χ1) is 16.0. The van der Waals surface area contributed by atoms with Gasteiger partial charge in [0.05, 0.1) is 17.3 Å². The molecule has 33 heavy (non-hydrogen) atoms. The van der Waals surface area contributed by atoms with E-state index < -0.39 is 17.7 Å². The highest BCUT2D eigenvalue weighted by molar-refractivity contribution is 6.46. The Balaban J connectivity index is 1.80. The van der Waals surface area contributed by atoms with Crippen molar-refractivity contribution in [3.63, 3.8) is 0 Å². The number of fused-ring (bicyclic) bond motifs is 1. The largest absolute Gasteiger partial charge is 0.505 e. The molecule has 1 saturated heterocycles. The van der Waals surface area contributed by atoms with Gasteiger partial charge in [0.1, 0.15) is 11.3 Å². The molecule has 1 aliphatic heterocycles. The Labute approximate surface area is 194 Å². The van der Waals surface area contributed by atoms with Crippen LogP contribution in [0.25, 0.3) is 11.4 Å². The lowest BCUT2D eigenvalue weighted by Crippen LogP contribution is -2.33. The molecule has 4 rings (SSSR count). The van der Waals surface area contributed by atoms with E-state index in [0.29, 0.717) is 23.6 Å². The van der Waals surface area contributed by atoms with Crippen molar-refractivity contribution in [1.29, 1.82) is 0 Å². The van der Waals surface area contributed by atoms with Crippen LogP contribution in [0, 0.1) is 6.92 Å². The zero-order valence-corrected chi connectivity index (χ0v) is 19.4. The van der Waals surface area contributed by atoms with Gasteiger partial charge in [0.2, 0.25) is 0 Å². The number of aryl methyl sites for hydroxylation is 1. The fourth-order valence-electron chi connectivity index (χ4n) is 4.62. The Morgan fingerprint density at radius 1 is 1.06 bits per heavy atom. The summed E-state index contributed by atoms with van der Waals surface area (Å²) in [5.74, 6) is -1.42. The summed E-state index contributed by atoms with van der Waals surface area (Å²) in [7, 11) is 0. The van der Waals surface area contributed by atoms with Crippen molar-refractivity contribution in [3.05, 3.63) is 77.3 Å². The molecule has 1 atom stereocenters. The second-order valence-corrected chi connectivity index (χ2v) is 8.26. The van der Waals surface area contributed by atoms with Crippen LogP contribution in [0.4, 0.5) is 0 Å². The normalized spacial score (nSPS) is 18.1. The van der Waals surface area contributed by atoms with Crippen molar-refractivity contribution in [2.24, 2.45) is 0 Å². The van der Waals surface area contributed by atoms with E-state index in [1.54, 1.807) is 22.4 Å². The molecule has 172 valence electrons. The SMILES string of the molecule is CCN(CC)CCCN1C(=O)C(=O)/C(=C(/O)c2c(C)nc3ccccn23)[C@H]1c1ccccc1. The smallest absolute Gasteiger partial charge is 0.295 e. The first-order valence-corrected chi connectivity index (χ1v) is 11.5. The van der Waals surface area contributed by atoms with Crippen molar-refractivity contribution in [1.82, 2.24) is 19.2 Å². The average molecular weight is 447 g/mol. The standard InChI is InChI=1S/C26H30N4O3/c1-4-28(5-2)15-11-17-30-23(19-12-7-6-8-13-19)21(25(32)26(30)33)24(31)22-18(3)27-20-14-9-10-16-29(20)22/h6-10,12-14,16,23,31H,4-5,11,15,17H2,1-3H3/b24-21+/t23-/m1/s1. The second-order valence-electron chi connectivity index (χ2n) is 8.26. The van der Waals surface area contributed by atoms with Gasteiger partial charge in [0, 0.05) is 12.7 Å². The minimum atomic E-state index is -0.658. The molecule has 7 nitrogen and oxygen atoms in total. The summed E-state index contributed by atoms with van der Waals surface area (Å²) in [4.78, 5) is 34.8. The fraction of sp³-hybridized carbons (Fsp3) is 0.346. The number of carbonyl (C=O) groups excluding carboxylic acids is 2. The van der Waals surface area contributed by atoms with Crippen LogP contribution in [0.2, 0.25) is 0 Å². The number of ketones is 1. The van der Waals surface area contributed by atoms with E-state index in [2.05, 4.69) is 23.7 Å². The second kappa shape index (κ2) is 9.58. The molecule has 3 heterocycles. The molecular formula is C26H30N4O3. The molecule has 0 radical (unpaired) electrons. The highest BCUT2D eigenvalue weighted by atomic mass is 16.3. The van der Waals surface area contributed by atoms with E-state index in [9.17, 15) is 14.7 Å². The number of hydrogen-bond acceptors (Lipinski definition) is 5. The minimum absolute atomic E-state index is 0.114. The predicted octanol–water partition coefficient (Wildman–Crippen LogP) is 3.80. The van der Waals surface area contributed by atoms with Gasteiger partial charge in [0.25, 0.3) is 11.7 Å². The molecule has 2 aromatic heterocycles. The van der Waals surface area contributed by atoms with Crippen molar-refractivity contribution < 1.29 is 14.7 Å². The summed E-state index contributed by atoms with van der Waals surface area (Å²) < 4.78 is 1.75. The monoisotopic (exact) mass is 446 g/mol. The average Bonchev–Trinajstić information content (AvgIpc) is 3.30. The number of pyridine rings is 1. The molecule has 0 spiro atoms.